The molecule has 0 radical (unpaired) electrons. The van der Waals surface area contributed by atoms with E-state index in [4.69, 9.17) is 0 Å². The van der Waals surface area contributed by atoms with Crippen LogP contribution in [0.2, 0.25) is 0 Å². The maximum Gasteiger partial charge on any atom is 0.0944 e. The first kappa shape index (κ1) is 11.2. The number of allylic oxidation sites excluding steroid dienone is 4. The quantitative estimate of drug-likeness (QED) is 0.638. The molecule has 0 aliphatic carbocycles. The first-order valence-electron chi connectivity index (χ1n) is 4.75. The van der Waals surface area contributed by atoms with E-state index in [1.165, 1.54) is 17.5 Å². The Bertz CT molecular complexity index is 335. The van der Waals surface area contributed by atoms with Crippen LogP contribution >= 0.6 is 11.9 Å². The Hall–Kier alpha value is -0.830. The van der Waals surface area contributed by atoms with Gasteiger partial charge in [0, 0.05) is 19.0 Å². The molecule has 1 rings (SSSR count). The Balaban J connectivity index is 2.83. The van der Waals surface area contributed by atoms with E-state index >= 15 is 0 Å². The maximum atomic E-state index is 4.28. The summed E-state index contributed by atoms with van der Waals surface area (Å²) in [5.41, 5.74) is 3.42. The second kappa shape index (κ2) is 5.15. The van der Waals surface area contributed by atoms with E-state index in [9.17, 15) is 0 Å². The van der Waals surface area contributed by atoms with Crippen LogP contribution in [0.4, 0.5) is 0 Å². The van der Waals surface area contributed by atoms with Gasteiger partial charge in [-0.3, -0.25) is 4.99 Å². The molecular formula is C11H16N2S. The lowest BCUT2D eigenvalue weighted by molar-refractivity contribution is 1.10. The van der Waals surface area contributed by atoms with Crippen molar-refractivity contribution in [1.82, 2.24) is 0 Å². The number of aliphatic imine (C=N–C) groups is 1. The van der Waals surface area contributed by atoms with E-state index in [1.54, 1.807) is 0 Å². The van der Waals surface area contributed by atoms with Crippen LogP contribution in [0, 0.1) is 0 Å². The minimum Gasteiger partial charge on any atom is -0.286 e. The van der Waals surface area contributed by atoms with Crippen molar-refractivity contribution in [2.24, 2.45) is 9.39 Å². The predicted molar refractivity (Wildman–Crippen MR) is 66.2 cm³/mol. The van der Waals surface area contributed by atoms with Crippen molar-refractivity contribution in [2.45, 2.75) is 27.2 Å². The number of nitrogens with zero attached hydrogens (tertiary/aromatic N) is 2. The molecule has 3 heteroatoms. The highest BCUT2D eigenvalue weighted by atomic mass is 32.2. The molecule has 0 N–H and O–H groups in total. The molecule has 0 spiro atoms. The van der Waals surface area contributed by atoms with Crippen molar-refractivity contribution >= 4 is 23.4 Å². The molecule has 0 saturated carbocycles. The highest BCUT2D eigenvalue weighted by Gasteiger charge is 2.16. The van der Waals surface area contributed by atoms with Gasteiger partial charge in [0.2, 0.25) is 0 Å². The minimum atomic E-state index is 1.02. The maximum absolute atomic E-state index is 4.28. The number of hydrogen-bond acceptors (Lipinski definition) is 3. The molecule has 0 unspecified atom stereocenters. The zero-order valence-electron chi connectivity index (χ0n) is 9.16. The van der Waals surface area contributed by atoms with Gasteiger partial charge in [-0.05, 0) is 26.3 Å². The molecular weight excluding hydrogens is 192 g/mol. The van der Waals surface area contributed by atoms with Crippen molar-refractivity contribution in [3.63, 3.8) is 0 Å². The van der Waals surface area contributed by atoms with E-state index in [0.717, 1.165) is 22.7 Å². The van der Waals surface area contributed by atoms with E-state index in [2.05, 4.69) is 35.4 Å². The van der Waals surface area contributed by atoms with Crippen molar-refractivity contribution < 1.29 is 0 Å². The Labute approximate surface area is 90.1 Å². The van der Waals surface area contributed by atoms with Crippen molar-refractivity contribution in [1.29, 1.82) is 0 Å². The third-order valence-electron chi connectivity index (χ3n) is 2.16. The van der Waals surface area contributed by atoms with Crippen molar-refractivity contribution in [3.8, 4) is 0 Å². The van der Waals surface area contributed by atoms with E-state index in [-0.39, 0.29) is 0 Å². The average Bonchev–Trinajstić information content (AvgIpc) is 2.55. The van der Waals surface area contributed by atoms with E-state index in [1.807, 2.05) is 14.0 Å². The fourth-order valence-electron chi connectivity index (χ4n) is 1.10. The van der Waals surface area contributed by atoms with Gasteiger partial charge in [-0.25, -0.2) is 4.40 Å². The first-order chi connectivity index (χ1) is 6.69. The van der Waals surface area contributed by atoms with Crippen LogP contribution < -0.4 is 0 Å². The van der Waals surface area contributed by atoms with Crippen molar-refractivity contribution in [3.05, 3.63) is 22.6 Å². The molecule has 1 aliphatic heterocycles. The number of rotatable bonds is 2. The third-order valence-corrected chi connectivity index (χ3v) is 3.05. The van der Waals surface area contributed by atoms with Gasteiger partial charge in [0.25, 0.3) is 0 Å². The molecule has 0 aromatic heterocycles. The second-order valence-electron chi connectivity index (χ2n) is 3.24. The lowest BCUT2D eigenvalue weighted by Gasteiger charge is -1.96. The summed E-state index contributed by atoms with van der Waals surface area (Å²) in [6.07, 6.45) is 5.33. The smallest absolute Gasteiger partial charge is 0.0944 e. The summed E-state index contributed by atoms with van der Waals surface area (Å²) < 4.78 is 4.28. The molecule has 0 aromatic rings. The van der Waals surface area contributed by atoms with Gasteiger partial charge < -0.3 is 0 Å². The third kappa shape index (κ3) is 2.58. The molecule has 0 bridgehead atoms. The summed E-state index contributed by atoms with van der Waals surface area (Å²) in [5, 5.41) is 0. The molecule has 0 fully saturated rings. The van der Waals surface area contributed by atoms with Crippen LogP contribution in [-0.2, 0) is 0 Å². The zero-order chi connectivity index (χ0) is 10.6. The fraction of sp³-hybridized carbons (Fsp3) is 0.455. The van der Waals surface area contributed by atoms with E-state index in [0.29, 0.717) is 0 Å². The van der Waals surface area contributed by atoms with Crippen LogP contribution in [-0.4, -0.2) is 18.5 Å². The molecule has 0 aromatic carbocycles. The lowest BCUT2D eigenvalue weighted by atomic mass is 10.2. The van der Waals surface area contributed by atoms with Crippen LogP contribution in [0.3, 0.4) is 0 Å². The van der Waals surface area contributed by atoms with E-state index < -0.39 is 0 Å². The summed E-state index contributed by atoms with van der Waals surface area (Å²) >= 11 is 1.51. The van der Waals surface area contributed by atoms with Crippen LogP contribution in [0.5, 0.6) is 0 Å². The van der Waals surface area contributed by atoms with Crippen LogP contribution in [0.15, 0.2) is 32.0 Å². The SMILES string of the molecule is CC/C(C)=C/C=C1/SN=C(C)C1=NC. The second-order valence-corrected chi connectivity index (χ2v) is 4.04. The minimum absolute atomic E-state index is 1.02. The zero-order valence-corrected chi connectivity index (χ0v) is 9.98. The van der Waals surface area contributed by atoms with Gasteiger partial charge in [0.05, 0.1) is 16.3 Å². The molecule has 1 aliphatic rings. The topological polar surface area (TPSA) is 24.7 Å². The Kier molecular flexibility index (Phi) is 4.14. The lowest BCUT2D eigenvalue weighted by Crippen LogP contribution is -2.05. The monoisotopic (exact) mass is 208 g/mol. The summed E-state index contributed by atoms with van der Waals surface area (Å²) in [6.45, 7) is 6.28. The normalized spacial score (nSPS) is 23.4. The van der Waals surface area contributed by atoms with Crippen LogP contribution in [0.1, 0.15) is 27.2 Å². The molecule has 2 nitrogen and oxygen atoms in total. The fourth-order valence-corrected chi connectivity index (χ4v) is 1.88. The molecule has 0 amide bonds. The molecule has 76 valence electrons. The van der Waals surface area contributed by atoms with Gasteiger partial charge in [-0.15, -0.1) is 0 Å². The van der Waals surface area contributed by atoms with Gasteiger partial charge in [-0.1, -0.05) is 18.6 Å². The summed E-state index contributed by atoms with van der Waals surface area (Å²) in [6, 6.07) is 0. The predicted octanol–water partition coefficient (Wildman–Crippen LogP) is 3.42. The number of hydrogen-bond donors (Lipinski definition) is 0. The molecule has 14 heavy (non-hydrogen) atoms. The summed E-state index contributed by atoms with van der Waals surface area (Å²) in [4.78, 5) is 5.37. The Morgan fingerprint density at radius 1 is 1.57 bits per heavy atom. The standard InChI is InChI=1S/C11H16N2S/c1-5-8(2)6-7-10-11(12-4)9(3)13-14-10/h6-7H,5H2,1-4H3/b8-6+,10-7+,12-11?. The highest BCUT2D eigenvalue weighted by Crippen LogP contribution is 2.27. The average molecular weight is 208 g/mol. The van der Waals surface area contributed by atoms with Gasteiger partial charge in [0.1, 0.15) is 0 Å². The van der Waals surface area contributed by atoms with Crippen molar-refractivity contribution in [2.75, 3.05) is 7.05 Å². The molecule has 1 heterocycles. The van der Waals surface area contributed by atoms with Crippen LogP contribution in [0.25, 0.3) is 0 Å². The summed E-state index contributed by atoms with van der Waals surface area (Å²) in [7, 11) is 1.81. The van der Waals surface area contributed by atoms with Gasteiger partial charge in [-0.2, -0.15) is 0 Å². The van der Waals surface area contributed by atoms with Gasteiger partial charge in [0.15, 0.2) is 0 Å². The Morgan fingerprint density at radius 3 is 2.86 bits per heavy atom. The Morgan fingerprint density at radius 2 is 2.29 bits per heavy atom. The first-order valence-corrected chi connectivity index (χ1v) is 5.53. The largest absolute Gasteiger partial charge is 0.286 e. The molecule has 0 atom stereocenters. The highest BCUT2D eigenvalue weighted by molar-refractivity contribution is 8.03. The molecule has 0 saturated heterocycles. The van der Waals surface area contributed by atoms with Gasteiger partial charge >= 0.3 is 0 Å². The summed E-state index contributed by atoms with van der Waals surface area (Å²) in [5.74, 6) is 0.